The van der Waals surface area contributed by atoms with E-state index < -0.39 is 0 Å². The first-order valence-corrected chi connectivity index (χ1v) is 8.33. The number of nitrogens with zero attached hydrogens (tertiary/aromatic N) is 1. The minimum Gasteiger partial charge on any atom is -0.493 e. The molecule has 0 fully saturated rings. The quantitative estimate of drug-likeness (QED) is 0.417. The van der Waals surface area contributed by atoms with Crippen LogP contribution in [-0.2, 0) is 4.74 Å². The van der Waals surface area contributed by atoms with Crippen LogP contribution in [0.15, 0.2) is 29.3 Å². The highest BCUT2D eigenvalue weighted by atomic mass is 16.5. The molecule has 0 spiro atoms. The molecular weight excluding hydrogens is 290 g/mol. The predicted octanol–water partition coefficient (Wildman–Crippen LogP) is 2.98. The average molecular weight is 321 g/mol. The highest BCUT2D eigenvalue weighted by molar-refractivity contribution is 5.80. The summed E-state index contributed by atoms with van der Waals surface area (Å²) in [6.45, 7) is 11.3. The van der Waals surface area contributed by atoms with Gasteiger partial charge in [-0.15, -0.1) is 0 Å². The zero-order chi connectivity index (χ0) is 17.1. The molecule has 0 aromatic heterocycles. The van der Waals surface area contributed by atoms with Crippen LogP contribution >= 0.6 is 0 Å². The van der Waals surface area contributed by atoms with E-state index in [-0.39, 0.29) is 6.04 Å². The topological polar surface area (TPSA) is 54.9 Å². The van der Waals surface area contributed by atoms with E-state index in [0.29, 0.717) is 19.1 Å². The van der Waals surface area contributed by atoms with E-state index in [1.54, 1.807) is 7.11 Å². The maximum atomic E-state index is 5.72. The van der Waals surface area contributed by atoms with Gasteiger partial charge in [-0.05, 0) is 37.5 Å². The molecule has 23 heavy (non-hydrogen) atoms. The minimum atomic E-state index is 0.162. The SMILES string of the molecule is CCNC(=NCCOC)NC(C)c1ccc(OCC(C)C)cc1. The fourth-order valence-corrected chi connectivity index (χ4v) is 1.97. The van der Waals surface area contributed by atoms with Crippen LogP contribution in [0.3, 0.4) is 0 Å². The number of benzene rings is 1. The van der Waals surface area contributed by atoms with Crippen LogP contribution in [0.1, 0.15) is 39.3 Å². The molecule has 0 saturated carbocycles. The third-order valence-electron chi connectivity index (χ3n) is 3.23. The monoisotopic (exact) mass is 321 g/mol. The minimum absolute atomic E-state index is 0.162. The number of methoxy groups -OCH3 is 1. The number of hydrogen-bond acceptors (Lipinski definition) is 3. The maximum Gasteiger partial charge on any atom is 0.191 e. The van der Waals surface area contributed by atoms with Crippen molar-refractivity contribution in [1.29, 1.82) is 0 Å². The summed E-state index contributed by atoms with van der Waals surface area (Å²) in [6, 6.07) is 8.38. The fourth-order valence-electron chi connectivity index (χ4n) is 1.97. The molecule has 1 aromatic rings. The first kappa shape index (κ1) is 19.3. The van der Waals surface area contributed by atoms with Crippen LogP contribution < -0.4 is 15.4 Å². The van der Waals surface area contributed by atoms with E-state index in [4.69, 9.17) is 9.47 Å². The fraction of sp³-hybridized carbons (Fsp3) is 0.611. The van der Waals surface area contributed by atoms with Crippen LogP contribution in [0.25, 0.3) is 0 Å². The molecule has 1 rings (SSSR count). The Labute approximate surface area is 140 Å². The molecule has 0 saturated heterocycles. The Balaban J connectivity index is 2.60. The number of ether oxygens (including phenoxy) is 2. The van der Waals surface area contributed by atoms with Crippen molar-refractivity contribution < 1.29 is 9.47 Å². The molecule has 0 amide bonds. The molecule has 1 unspecified atom stereocenters. The molecule has 0 bridgehead atoms. The number of hydrogen-bond donors (Lipinski definition) is 2. The van der Waals surface area contributed by atoms with Gasteiger partial charge in [-0.25, -0.2) is 0 Å². The normalized spacial score (nSPS) is 13.0. The molecular formula is C18H31N3O2. The van der Waals surface area contributed by atoms with Crippen molar-refractivity contribution >= 4 is 5.96 Å². The van der Waals surface area contributed by atoms with Crippen molar-refractivity contribution in [3.63, 3.8) is 0 Å². The third kappa shape index (κ3) is 7.88. The van der Waals surface area contributed by atoms with Gasteiger partial charge in [-0.1, -0.05) is 26.0 Å². The summed E-state index contributed by atoms with van der Waals surface area (Å²) in [5.41, 5.74) is 1.19. The van der Waals surface area contributed by atoms with Gasteiger partial charge in [0.25, 0.3) is 0 Å². The lowest BCUT2D eigenvalue weighted by molar-refractivity contribution is 0.208. The lowest BCUT2D eigenvalue weighted by Gasteiger charge is -2.18. The van der Waals surface area contributed by atoms with Crippen LogP contribution in [0.4, 0.5) is 0 Å². The van der Waals surface area contributed by atoms with E-state index in [0.717, 1.165) is 24.9 Å². The summed E-state index contributed by atoms with van der Waals surface area (Å²) < 4.78 is 10.8. The second kappa shape index (κ2) is 10.9. The number of rotatable bonds is 9. The smallest absolute Gasteiger partial charge is 0.191 e. The van der Waals surface area contributed by atoms with Gasteiger partial charge in [0.2, 0.25) is 0 Å². The Morgan fingerprint density at radius 3 is 2.43 bits per heavy atom. The number of aliphatic imine (C=N–C) groups is 1. The second-order valence-corrected chi connectivity index (χ2v) is 5.89. The molecule has 1 aromatic carbocycles. The predicted molar refractivity (Wildman–Crippen MR) is 96.2 cm³/mol. The van der Waals surface area contributed by atoms with Gasteiger partial charge in [0, 0.05) is 13.7 Å². The van der Waals surface area contributed by atoms with E-state index >= 15 is 0 Å². The zero-order valence-electron chi connectivity index (χ0n) is 15.1. The van der Waals surface area contributed by atoms with Crippen LogP contribution in [0, 0.1) is 5.92 Å². The number of guanidine groups is 1. The summed E-state index contributed by atoms with van der Waals surface area (Å²) in [5.74, 6) is 2.24. The summed E-state index contributed by atoms with van der Waals surface area (Å²) in [6.07, 6.45) is 0. The van der Waals surface area contributed by atoms with Crippen molar-refractivity contribution in [3.05, 3.63) is 29.8 Å². The molecule has 130 valence electrons. The van der Waals surface area contributed by atoms with E-state index in [2.05, 4.69) is 55.5 Å². The zero-order valence-corrected chi connectivity index (χ0v) is 15.1. The third-order valence-corrected chi connectivity index (χ3v) is 3.23. The van der Waals surface area contributed by atoms with E-state index in [9.17, 15) is 0 Å². The molecule has 1 atom stereocenters. The van der Waals surface area contributed by atoms with Crippen LogP contribution in [-0.4, -0.2) is 39.4 Å². The largest absolute Gasteiger partial charge is 0.493 e. The van der Waals surface area contributed by atoms with Crippen LogP contribution in [0.5, 0.6) is 5.75 Å². The molecule has 5 heteroatoms. The Morgan fingerprint density at radius 1 is 1.17 bits per heavy atom. The van der Waals surface area contributed by atoms with Gasteiger partial charge in [-0.3, -0.25) is 4.99 Å². The van der Waals surface area contributed by atoms with Gasteiger partial charge in [0.05, 0.1) is 25.8 Å². The Morgan fingerprint density at radius 2 is 1.87 bits per heavy atom. The Kier molecular flexibility index (Phi) is 9.14. The average Bonchev–Trinajstić information content (AvgIpc) is 2.53. The van der Waals surface area contributed by atoms with Crippen molar-refractivity contribution in [1.82, 2.24) is 10.6 Å². The standard InChI is InChI=1S/C18H31N3O2/c1-6-19-18(20-11-12-22-5)21-15(4)16-7-9-17(10-8-16)23-13-14(2)3/h7-10,14-15H,6,11-13H2,1-5H3,(H2,19,20,21). The Hall–Kier alpha value is -1.75. The van der Waals surface area contributed by atoms with Crippen molar-refractivity contribution in [2.24, 2.45) is 10.9 Å². The second-order valence-electron chi connectivity index (χ2n) is 5.89. The van der Waals surface area contributed by atoms with E-state index in [1.807, 2.05) is 12.1 Å². The van der Waals surface area contributed by atoms with Gasteiger partial charge < -0.3 is 20.1 Å². The van der Waals surface area contributed by atoms with Gasteiger partial charge in [0.1, 0.15) is 5.75 Å². The molecule has 0 radical (unpaired) electrons. The Bertz CT molecular complexity index is 458. The summed E-state index contributed by atoms with van der Waals surface area (Å²) in [7, 11) is 1.68. The van der Waals surface area contributed by atoms with Crippen molar-refractivity contribution in [3.8, 4) is 5.75 Å². The lowest BCUT2D eigenvalue weighted by atomic mass is 10.1. The van der Waals surface area contributed by atoms with Gasteiger partial charge in [0.15, 0.2) is 5.96 Å². The van der Waals surface area contributed by atoms with Gasteiger partial charge in [-0.2, -0.15) is 0 Å². The molecule has 0 aliphatic heterocycles. The highest BCUT2D eigenvalue weighted by Gasteiger charge is 2.08. The molecule has 2 N–H and O–H groups in total. The number of nitrogens with one attached hydrogen (secondary N) is 2. The molecule has 0 aliphatic rings. The first-order valence-electron chi connectivity index (χ1n) is 8.33. The highest BCUT2D eigenvalue weighted by Crippen LogP contribution is 2.18. The molecule has 0 heterocycles. The summed E-state index contributed by atoms with van der Waals surface area (Å²) in [5, 5.41) is 6.65. The van der Waals surface area contributed by atoms with Crippen molar-refractivity contribution in [2.75, 3.05) is 33.4 Å². The van der Waals surface area contributed by atoms with Gasteiger partial charge >= 0.3 is 0 Å². The van der Waals surface area contributed by atoms with Crippen molar-refractivity contribution in [2.45, 2.75) is 33.7 Å². The summed E-state index contributed by atoms with van der Waals surface area (Å²) >= 11 is 0. The molecule has 5 nitrogen and oxygen atoms in total. The first-order chi connectivity index (χ1) is 11.1. The lowest BCUT2D eigenvalue weighted by Crippen LogP contribution is -2.39. The van der Waals surface area contributed by atoms with Crippen LogP contribution in [0.2, 0.25) is 0 Å². The van der Waals surface area contributed by atoms with E-state index in [1.165, 1.54) is 5.56 Å². The maximum absolute atomic E-state index is 5.72. The molecule has 0 aliphatic carbocycles. The summed E-state index contributed by atoms with van der Waals surface area (Å²) in [4.78, 5) is 4.48.